The number of morpholine rings is 1. The van der Waals surface area contributed by atoms with Gasteiger partial charge in [0.15, 0.2) is 0 Å². The van der Waals surface area contributed by atoms with Crippen LogP contribution in [0.15, 0.2) is 42.5 Å². The summed E-state index contributed by atoms with van der Waals surface area (Å²) in [7, 11) is 0. The van der Waals surface area contributed by atoms with Crippen LogP contribution in [-0.2, 0) is 9.53 Å². The van der Waals surface area contributed by atoms with Crippen LogP contribution in [0, 0.1) is 0 Å². The Morgan fingerprint density at radius 3 is 2.61 bits per heavy atom. The van der Waals surface area contributed by atoms with E-state index in [1.807, 2.05) is 30.4 Å². The van der Waals surface area contributed by atoms with Gasteiger partial charge in [-0.1, -0.05) is 43.3 Å². The summed E-state index contributed by atoms with van der Waals surface area (Å²) < 4.78 is 5.43. The van der Waals surface area contributed by atoms with Gasteiger partial charge in [-0.05, 0) is 29.3 Å². The van der Waals surface area contributed by atoms with Crippen molar-refractivity contribution in [1.29, 1.82) is 0 Å². The molecule has 1 saturated heterocycles. The second kappa shape index (κ2) is 9.19. The van der Waals surface area contributed by atoms with Crippen molar-refractivity contribution in [3.8, 4) is 0 Å². The number of carboxylic acid groups (broad SMARTS) is 1. The van der Waals surface area contributed by atoms with Crippen molar-refractivity contribution in [2.45, 2.75) is 13.3 Å². The maximum Gasteiger partial charge on any atom is 0.337 e. The average molecular weight is 380 g/mol. The molecule has 6 heteroatoms. The standard InChI is InChI=1S/C22H24N2O4/c1-2-21(25)23-19-10-8-16(15-18(19)22(26)27)7-9-17-5-3-4-6-20(17)24-11-13-28-14-12-24/h3-10,15H,2,11-14H2,1H3,(H,23,25)(H,26,27)/b9-7+. The van der Waals surface area contributed by atoms with E-state index in [9.17, 15) is 14.7 Å². The highest BCUT2D eigenvalue weighted by Gasteiger charge is 2.14. The number of ether oxygens (including phenoxy) is 1. The van der Waals surface area contributed by atoms with Crippen LogP contribution in [0.3, 0.4) is 0 Å². The Morgan fingerprint density at radius 1 is 1.14 bits per heavy atom. The van der Waals surface area contributed by atoms with Crippen LogP contribution in [0.4, 0.5) is 11.4 Å². The highest BCUT2D eigenvalue weighted by molar-refractivity contribution is 6.01. The summed E-state index contributed by atoms with van der Waals surface area (Å²) in [6, 6.07) is 13.1. The van der Waals surface area contributed by atoms with Crippen LogP contribution in [0.25, 0.3) is 12.2 Å². The van der Waals surface area contributed by atoms with Crippen molar-refractivity contribution < 1.29 is 19.4 Å². The summed E-state index contributed by atoms with van der Waals surface area (Å²) in [6.07, 6.45) is 4.16. The van der Waals surface area contributed by atoms with Gasteiger partial charge in [-0.3, -0.25) is 4.79 Å². The summed E-state index contributed by atoms with van der Waals surface area (Å²) in [6.45, 7) is 4.84. The molecule has 28 heavy (non-hydrogen) atoms. The number of anilines is 2. The molecule has 6 nitrogen and oxygen atoms in total. The monoisotopic (exact) mass is 380 g/mol. The molecule has 2 N–H and O–H groups in total. The summed E-state index contributed by atoms with van der Waals surface area (Å²) >= 11 is 0. The third kappa shape index (κ3) is 4.78. The van der Waals surface area contributed by atoms with Gasteiger partial charge in [0, 0.05) is 25.2 Å². The molecule has 0 aromatic heterocycles. The highest BCUT2D eigenvalue weighted by Crippen LogP contribution is 2.25. The third-order valence-electron chi connectivity index (χ3n) is 4.61. The molecule has 1 aliphatic heterocycles. The Balaban J connectivity index is 1.85. The first-order chi connectivity index (χ1) is 13.6. The SMILES string of the molecule is CCC(=O)Nc1ccc(/C=C/c2ccccc2N2CCOCC2)cc1C(=O)O. The van der Waals surface area contributed by atoms with Crippen LogP contribution < -0.4 is 10.2 Å². The second-order valence-electron chi connectivity index (χ2n) is 6.50. The number of hydrogen-bond acceptors (Lipinski definition) is 4. The first-order valence-corrected chi connectivity index (χ1v) is 9.35. The van der Waals surface area contributed by atoms with Crippen molar-refractivity contribution >= 4 is 35.4 Å². The summed E-state index contributed by atoms with van der Waals surface area (Å²) in [5, 5.41) is 12.1. The van der Waals surface area contributed by atoms with Crippen molar-refractivity contribution in [2.75, 3.05) is 36.5 Å². The molecule has 3 rings (SSSR count). The third-order valence-corrected chi connectivity index (χ3v) is 4.61. The number of nitrogens with zero attached hydrogens (tertiary/aromatic N) is 1. The molecule has 1 amide bonds. The van der Waals surface area contributed by atoms with Gasteiger partial charge < -0.3 is 20.1 Å². The molecule has 0 unspecified atom stereocenters. The van der Waals surface area contributed by atoms with E-state index in [0.717, 1.165) is 29.9 Å². The summed E-state index contributed by atoms with van der Waals surface area (Å²) in [5.41, 5.74) is 3.33. The number of nitrogens with one attached hydrogen (secondary N) is 1. The van der Waals surface area contributed by atoms with Crippen molar-refractivity contribution in [3.05, 3.63) is 59.2 Å². The molecule has 146 valence electrons. The minimum Gasteiger partial charge on any atom is -0.478 e. The second-order valence-corrected chi connectivity index (χ2v) is 6.50. The minimum absolute atomic E-state index is 0.0745. The van der Waals surface area contributed by atoms with E-state index in [0.29, 0.717) is 25.3 Å². The zero-order chi connectivity index (χ0) is 19.9. The highest BCUT2D eigenvalue weighted by atomic mass is 16.5. The van der Waals surface area contributed by atoms with Crippen molar-refractivity contribution in [1.82, 2.24) is 0 Å². The predicted molar refractivity (Wildman–Crippen MR) is 111 cm³/mol. The molecule has 2 aromatic rings. The van der Waals surface area contributed by atoms with Crippen LogP contribution >= 0.6 is 0 Å². The number of carbonyl (C=O) groups excluding carboxylic acids is 1. The van der Waals surface area contributed by atoms with Gasteiger partial charge in [-0.15, -0.1) is 0 Å². The van der Waals surface area contributed by atoms with Crippen LogP contribution in [0.5, 0.6) is 0 Å². The van der Waals surface area contributed by atoms with Gasteiger partial charge in [0.1, 0.15) is 0 Å². The zero-order valence-electron chi connectivity index (χ0n) is 15.9. The lowest BCUT2D eigenvalue weighted by molar-refractivity contribution is -0.115. The molecule has 0 radical (unpaired) electrons. The van der Waals surface area contributed by atoms with E-state index in [-0.39, 0.29) is 11.5 Å². The lowest BCUT2D eigenvalue weighted by Crippen LogP contribution is -2.36. The molecule has 0 spiro atoms. The number of amides is 1. The quantitative estimate of drug-likeness (QED) is 0.747. The summed E-state index contributed by atoms with van der Waals surface area (Å²) in [5.74, 6) is -1.29. The van der Waals surface area contributed by atoms with E-state index in [1.54, 1.807) is 25.1 Å². The van der Waals surface area contributed by atoms with E-state index in [2.05, 4.69) is 16.3 Å². The molecule has 0 aliphatic carbocycles. The van der Waals surface area contributed by atoms with E-state index < -0.39 is 5.97 Å². The minimum atomic E-state index is -1.07. The topological polar surface area (TPSA) is 78.9 Å². The normalized spacial score (nSPS) is 14.2. The zero-order valence-corrected chi connectivity index (χ0v) is 15.9. The predicted octanol–water partition coefficient (Wildman–Crippen LogP) is 3.74. The van der Waals surface area contributed by atoms with Gasteiger partial charge in [-0.2, -0.15) is 0 Å². The van der Waals surface area contributed by atoms with E-state index in [1.165, 1.54) is 0 Å². The Labute approximate surface area is 164 Å². The van der Waals surface area contributed by atoms with Gasteiger partial charge in [0.2, 0.25) is 5.91 Å². The Bertz CT molecular complexity index is 886. The van der Waals surface area contributed by atoms with Crippen LogP contribution in [0.2, 0.25) is 0 Å². The fourth-order valence-corrected chi connectivity index (χ4v) is 3.10. The molecule has 1 heterocycles. The fraction of sp³-hybridized carbons (Fsp3) is 0.273. The molecule has 1 fully saturated rings. The largest absolute Gasteiger partial charge is 0.478 e. The number of aromatic carboxylic acids is 1. The van der Waals surface area contributed by atoms with E-state index >= 15 is 0 Å². The number of rotatable bonds is 6. The number of hydrogen-bond donors (Lipinski definition) is 2. The first-order valence-electron chi connectivity index (χ1n) is 9.35. The molecule has 1 aliphatic rings. The van der Waals surface area contributed by atoms with Gasteiger partial charge >= 0.3 is 5.97 Å². The molecule has 2 aromatic carbocycles. The maximum atomic E-state index is 11.6. The lowest BCUT2D eigenvalue weighted by Gasteiger charge is -2.30. The maximum absolute atomic E-state index is 11.6. The molecular formula is C22H24N2O4. The van der Waals surface area contributed by atoms with Crippen LogP contribution in [0.1, 0.15) is 34.8 Å². The number of carbonyl (C=O) groups is 2. The Hall–Kier alpha value is -3.12. The molecule has 0 atom stereocenters. The van der Waals surface area contributed by atoms with Crippen molar-refractivity contribution in [2.24, 2.45) is 0 Å². The smallest absolute Gasteiger partial charge is 0.337 e. The Morgan fingerprint density at radius 2 is 1.89 bits per heavy atom. The first kappa shape index (κ1) is 19.6. The fourth-order valence-electron chi connectivity index (χ4n) is 3.10. The van der Waals surface area contributed by atoms with Gasteiger partial charge in [0.05, 0.1) is 24.5 Å². The molecule has 0 saturated carbocycles. The Kier molecular flexibility index (Phi) is 6.45. The van der Waals surface area contributed by atoms with Gasteiger partial charge in [-0.25, -0.2) is 4.79 Å². The number of benzene rings is 2. The molecule has 0 bridgehead atoms. The van der Waals surface area contributed by atoms with Gasteiger partial charge in [0.25, 0.3) is 0 Å². The van der Waals surface area contributed by atoms with Crippen molar-refractivity contribution in [3.63, 3.8) is 0 Å². The number of carboxylic acids is 1. The van der Waals surface area contributed by atoms with E-state index in [4.69, 9.17) is 4.74 Å². The van der Waals surface area contributed by atoms with Crippen LogP contribution in [-0.4, -0.2) is 43.3 Å². The summed E-state index contributed by atoms with van der Waals surface area (Å²) in [4.78, 5) is 25.5. The molecular weight excluding hydrogens is 356 g/mol. The lowest BCUT2D eigenvalue weighted by atomic mass is 10.1. The number of para-hydroxylation sites is 1. The average Bonchev–Trinajstić information content (AvgIpc) is 2.73.